The van der Waals surface area contributed by atoms with Crippen LogP contribution < -0.4 is 0 Å². The van der Waals surface area contributed by atoms with Gasteiger partial charge in [0, 0.05) is 23.5 Å². The Bertz CT molecular complexity index is 780. The van der Waals surface area contributed by atoms with E-state index in [1.165, 1.54) is 11.3 Å². The molecule has 4 heterocycles. The lowest BCUT2D eigenvalue weighted by Gasteiger charge is -2.34. The summed E-state index contributed by atoms with van der Waals surface area (Å²) in [5, 5.41) is 5.53. The smallest absolute Gasteiger partial charge is 0.273 e. The van der Waals surface area contributed by atoms with Gasteiger partial charge in [-0.1, -0.05) is 0 Å². The number of hydrogen-bond acceptors (Lipinski definition) is 6. The summed E-state index contributed by atoms with van der Waals surface area (Å²) in [4.78, 5) is 23.7. The maximum atomic E-state index is 12.9. The van der Waals surface area contributed by atoms with Gasteiger partial charge in [-0.15, -0.1) is 22.7 Å². The van der Waals surface area contributed by atoms with Gasteiger partial charge in [0.05, 0.1) is 12.3 Å². The Kier molecular flexibility index (Phi) is 3.97. The number of hydrogen-bond donors (Lipinski definition) is 0. The molecule has 4 rings (SSSR count). The molecular formula is C16H15N3O2S2. The van der Waals surface area contributed by atoms with Crippen LogP contribution in [0.15, 0.2) is 39.8 Å². The largest absolute Gasteiger partial charge is 0.462 e. The van der Waals surface area contributed by atoms with Gasteiger partial charge in [0.25, 0.3) is 5.91 Å². The van der Waals surface area contributed by atoms with Gasteiger partial charge in [0.1, 0.15) is 10.7 Å². The molecule has 0 radical (unpaired) electrons. The van der Waals surface area contributed by atoms with Crippen molar-refractivity contribution in [2.45, 2.75) is 25.3 Å². The van der Waals surface area contributed by atoms with E-state index in [4.69, 9.17) is 4.42 Å². The molecule has 23 heavy (non-hydrogen) atoms. The fraction of sp³-hybridized carbons (Fsp3) is 0.312. The average Bonchev–Trinajstić information content (AvgIpc) is 3.35. The van der Waals surface area contributed by atoms with Crippen molar-refractivity contribution in [1.29, 1.82) is 0 Å². The van der Waals surface area contributed by atoms with Gasteiger partial charge < -0.3 is 9.32 Å². The standard InChI is InChI=1S/C16H15N3O2S2/c20-16(11-10-23-15(18-11)13-5-3-8-21-13)19-7-2-1-4-12(19)14-17-6-9-22-14/h3,5-6,8-10,12H,1-2,4,7H2. The van der Waals surface area contributed by atoms with Crippen molar-refractivity contribution in [1.82, 2.24) is 14.9 Å². The number of furan rings is 1. The van der Waals surface area contributed by atoms with Crippen molar-refractivity contribution in [3.8, 4) is 10.8 Å². The highest BCUT2D eigenvalue weighted by molar-refractivity contribution is 7.13. The highest BCUT2D eigenvalue weighted by Gasteiger charge is 2.31. The minimum Gasteiger partial charge on any atom is -0.462 e. The molecule has 1 fully saturated rings. The molecule has 1 saturated heterocycles. The highest BCUT2D eigenvalue weighted by atomic mass is 32.1. The molecule has 7 heteroatoms. The van der Waals surface area contributed by atoms with Crippen LogP contribution in [0.3, 0.4) is 0 Å². The van der Waals surface area contributed by atoms with Crippen molar-refractivity contribution in [2.75, 3.05) is 6.54 Å². The van der Waals surface area contributed by atoms with E-state index in [2.05, 4.69) is 9.97 Å². The molecule has 0 aliphatic carbocycles. The summed E-state index contributed by atoms with van der Waals surface area (Å²) in [5.41, 5.74) is 0.491. The zero-order valence-electron chi connectivity index (χ0n) is 12.3. The minimum atomic E-state index is -0.0149. The fourth-order valence-corrected chi connectivity index (χ4v) is 4.41. The third kappa shape index (κ3) is 2.82. The minimum absolute atomic E-state index is 0.0149. The lowest BCUT2D eigenvalue weighted by Crippen LogP contribution is -2.38. The predicted octanol–water partition coefficient (Wildman–Crippen LogP) is 4.23. The number of nitrogens with zero attached hydrogens (tertiary/aromatic N) is 3. The Morgan fingerprint density at radius 1 is 1.35 bits per heavy atom. The average molecular weight is 345 g/mol. The Hall–Kier alpha value is -1.99. The van der Waals surface area contributed by atoms with Gasteiger partial charge >= 0.3 is 0 Å². The molecule has 1 aliphatic heterocycles. The maximum Gasteiger partial charge on any atom is 0.273 e. The Morgan fingerprint density at radius 3 is 3.09 bits per heavy atom. The molecule has 0 aromatic carbocycles. The summed E-state index contributed by atoms with van der Waals surface area (Å²) in [7, 11) is 0. The second-order valence-corrected chi connectivity index (χ2v) is 7.18. The van der Waals surface area contributed by atoms with E-state index in [-0.39, 0.29) is 11.9 Å². The van der Waals surface area contributed by atoms with Crippen LogP contribution in [0, 0.1) is 0 Å². The molecule has 1 atom stereocenters. The second kappa shape index (κ2) is 6.25. The summed E-state index contributed by atoms with van der Waals surface area (Å²) in [5.74, 6) is 0.683. The first-order valence-corrected chi connectivity index (χ1v) is 9.28. The van der Waals surface area contributed by atoms with Gasteiger partial charge in [-0.25, -0.2) is 9.97 Å². The summed E-state index contributed by atoms with van der Waals surface area (Å²) >= 11 is 3.04. The van der Waals surface area contributed by atoms with Crippen LogP contribution >= 0.6 is 22.7 Å². The third-order valence-electron chi connectivity index (χ3n) is 3.96. The van der Waals surface area contributed by atoms with Crippen LogP contribution in [-0.4, -0.2) is 27.3 Å². The van der Waals surface area contributed by atoms with E-state index in [1.807, 2.05) is 27.8 Å². The van der Waals surface area contributed by atoms with E-state index in [0.29, 0.717) is 11.5 Å². The lowest BCUT2D eigenvalue weighted by molar-refractivity contribution is 0.0606. The van der Waals surface area contributed by atoms with Gasteiger partial charge in [0.15, 0.2) is 10.8 Å². The van der Waals surface area contributed by atoms with Crippen molar-refractivity contribution >= 4 is 28.6 Å². The monoisotopic (exact) mass is 345 g/mol. The first kappa shape index (κ1) is 14.6. The van der Waals surface area contributed by atoms with Gasteiger partial charge in [0.2, 0.25) is 0 Å². The number of rotatable bonds is 3. The molecule has 5 nitrogen and oxygen atoms in total. The number of aromatic nitrogens is 2. The van der Waals surface area contributed by atoms with Crippen LogP contribution in [0.2, 0.25) is 0 Å². The summed E-state index contributed by atoms with van der Waals surface area (Å²) < 4.78 is 5.35. The number of carbonyl (C=O) groups excluding carboxylic acids is 1. The van der Waals surface area contributed by atoms with E-state index in [0.717, 1.165) is 35.8 Å². The zero-order valence-corrected chi connectivity index (χ0v) is 14.0. The summed E-state index contributed by atoms with van der Waals surface area (Å²) in [6, 6.07) is 3.75. The van der Waals surface area contributed by atoms with Crippen LogP contribution in [0.5, 0.6) is 0 Å². The molecule has 1 aliphatic rings. The first-order valence-electron chi connectivity index (χ1n) is 7.52. The SMILES string of the molecule is O=C(c1csc(-c2ccco2)n1)N1CCCCC1c1nccs1. The molecule has 0 saturated carbocycles. The zero-order chi connectivity index (χ0) is 15.6. The second-order valence-electron chi connectivity index (χ2n) is 5.40. The quantitative estimate of drug-likeness (QED) is 0.713. The Morgan fingerprint density at radius 2 is 2.30 bits per heavy atom. The molecule has 3 aromatic rings. The predicted molar refractivity (Wildman–Crippen MR) is 89.6 cm³/mol. The van der Waals surface area contributed by atoms with Crippen LogP contribution in [0.4, 0.5) is 0 Å². The first-order chi connectivity index (χ1) is 11.3. The van der Waals surface area contributed by atoms with Crippen LogP contribution in [-0.2, 0) is 0 Å². The van der Waals surface area contributed by atoms with Crippen LogP contribution in [0.25, 0.3) is 10.8 Å². The van der Waals surface area contributed by atoms with Crippen molar-refractivity contribution < 1.29 is 9.21 Å². The van der Waals surface area contributed by atoms with Crippen molar-refractivity contribution in [2.24, 2.45) is 0 Å². The Balaban J connectivity index is 1.60. The molecule has 3 aromatic heterocycles. The molecule has 118 valence electrons. The van der Waals surface area contributed by atoms with Gasteiger partial charge in [-0.05, 0) is 31.4 Å². The van der Waals surface area contributed by atoms with E-state index >= 15 is 0 Å². The molecule has 0 N–H and O–H groups in total. The molecule has 0 bridgehead atoms. The maximum absolute atomic E-state index is 12.9. The topological polar surface area (TPSA) is 59.2 Å². The van der Waals surface area contributed by atoms with Crippen molar-refractivity contribution in [3.63, 3.8) is 0 Å². The van der Waals surface area contributed by atoms with Crippen molar-refractivity contribution in [3.05, 3.63) is 46.1 Å². The fourth-order valence-electron chi connectivity index (χ4n) is 2.86. The number of likely N-dealkylation sites (tertiary alicyclic amines) is 1. The number of carbonyl (C=O) groups is 1. The van der Waals surface area contributed by atoms with Gasteiger partial charge in [-0.3, -0.25) is 4.79 Å². The van der Waals surface area contributed by atoms with Crippen LogP contribution in [0.1, 0.15) is 40.8 Å². The third-order valence-corrected chi connectivity index (χ3v) is 5.69. The number of amides is 1. The molecule has 1 unspecified atom stereocenters. The molecule has 0 spiro atoms. The van der Waals surface area contributed by atoms with E-state index in [9.17, 15) is 4.79 Å². The molecule has 1 amide bonds. The summed E-state index contributed by atoms with van der Waals surface area (Å²) in [6.07, 6.45) is 6.54. The number of piperidine rings is 1. The Labute approximate surface area is 141 Å². The molecular weight excluding hydrogens is 330 g/mol. The normalized spacial score (nSPS) is 18.3. The van der Waals surface area contributed by atoms with E-state index in [1.54, 1.807) is 23.8 Å². The number of thiazole rings is 2. The highest BCUT2D eigenvalue weighted by Crippen LogP contribution is 2.34. The van der Waals surface area contributed by atoms with E-state index < -0.39 is 0 Å². The summed E-state index contributed by atoms with van der Waals surface area (Å²) in [6.45, 7) is 0.761. The van der Waals surface area contributed by atoms with Gasteiger partial charge in [-0.2, -0.15) is 0 Å². The lowest BCUT2D eigenvalue weighted by atomic mass is 10.0.